The third kappa shape index (κ3) is 4.10. The minimum atomic E-state index is -2.09. The topological polar surface area (TPSA) is 59.1 Å². The summed E-state index contributed by atoms with van der Waals surface area (Å²) in [4.78, 5) is 4.38. The van der Waals surface area contributed by atoms with Crippen LogP contribution < -0.4 is 5.14 Å². The van der Waals surface area contributed by atoms with Crippen molar-refractivity contribution in [1.82, 2.24) is 4.98 Å². The normalized spacial score (nSPS) is 16.6. The lowest BCUT2D eigenvalue weighted by atomic mass is 10.2. The van der Waals surface area contributed by atoms with Gasteiger partial charge in [0.2, 0.25) is 0 Å². The second-order valence-corrected chi connectivity index (χ2v) is 7.09. The van der Waals surface area contributed by atoms with Crippen molar-refractivity contribution in [3.63, 3.8) is 0 Å². The SMILES string of the molecule is CC.Cc1nc(C(C)C)sc1S(C)(N)O. The van der Waals surface area contributed by atoms with Crippen molar-refractivity contribution in [2.75, 3.05) is 6.26 Å². The lowest BCUT2D eigenvalue weighted by Gasteiger charge is -2.21. The van der Waals surface area contributed by atoms with E-state index in [1.807, 2.05) is 20.8 Å². The first-order valence-electron chi connectivity index (χ1n) is 5.08. The highest BCUT2D eigenvalue weighted by Crippen LogP contribution is 2.46. The minimum Gasteiger partial charge on any atom is -0.334 e. The molecule has 0 saturated heterocycles. The second-order valence-electron chi connectivity index (χ2n) is 3.52. The summed E-state index contributed by atoms with van der Waals surface area (Å²) in [6.45, 7) is 10.1. The molecule has 1 aromatic heterocycles. The fraction of sp³-hybridized carbons (Fsp3) is 0.700. The van der Waals surface area contributed by atoms with Gasteiger partial charge in [-0.1, -0.05) is 38.2 Å². The summed E-state index contributed by atoms with van der Waals surface area (Å²) >= 11 is 1.53. The number of nitrogens with zero attached hydrogens (tertiary/aromatic N) is 1. The molecule has 0 aliphatic heterocycles. The van der Waals surface area contributed by atoms with Gasteiger partial charge in [0.25, 0.3) is 0 Å². The highest BCUT2D eigenvalue weighted by molar-refractivity contribution is 8.27. The maximum Gasteiger partial charge on any atom is 0.101 e. The number of rotatable bonds is 2. The van der Waals surface area contributed by atoms with E-state index < -0.39 is 10.5 Å². The zero-order valence-corrected chi connectivity index (χ0v) is 12.0. The van der Waals surface area contributed by atoms with Crippen LogP contribution in [0, 0.1) is 6.92 Å². The third-order valence-electron chi connectivity index (χ3n) is 1.64. The van der Waals surface area contributed by atoms with E-state index >= 15 is 0 Å². The molecule has 0 aliphatic rings. The van der Waals surface area contributed by atoms with Gasteiger partial charge >= 0.3 is 0 Å². The molecule has 0 saturated carbocycles. The Hall–Kier alpha value is -0.100. The first kappa shape index (κ1) is 14.9. The lowest BCUT2D eigenvalue weighted by molar-refractivity contribution is 0.634. The first-order valence-corrected chi connectivity index (χ1v) is 7.96. The largest absolute Gasteiger partial charge is 0.334 e. The molecule has 0 aliphatic carbocycles. The molecule has 0 fully saturated rings. The predicted molar refractivity (Wildman–Crippen MR) is 70.9 cm³/mol. The number of aromatic nitrogens is 1. The molecule has 3 nitrogen and oxygen atoms in total. The molecular formula is C10H22N2OS2. The number of hydrogen-bond donors (Lipinski definition) is 2. The van der Waals surface area contributed by atoms with Gasteiger partial charge in [-0.15, -0.1) is 11.3 Å². The van der Waals surface area contributed by atoms with E-state index in [2.05, 4.69) is 18.8 Å². The molecule has 0 bridgehead atoms. The number of hydrogen-bond acceptors (Lipinski definition) is 4. The Bertz CT molecular complexity index is 303. The van der Waals surface area contributed by atoms with Crippen LogP contribution in [0.5, 0.6) is 0 Å². The highest BCUT2D eigenvalue weighted by atomic mass is 32.3. The van der Waals surface area contributed by atoms with Gasteiger partial charge in [0.05, 0.1) is 10.7 Å². The van der Waals surface area contributed by atoms with E-state index in [1.165, 1.54) is 11.3 Å². The van der Waals surface area contributed by atoms with Gasteiger partial charge in [0.1, 0.15) is 4.21 Å². The summed E-state index contributed by atoms with van der Waals surface area (Å²) in [7, 11) is -2.09. The molecular weight excluding hydrogens is 228 g/mol. The van der Waals surface area contributed by atoms with Gasteiger partial charge in [-0.3, -0.25) is 5.14 Å². The standard InChI is InChI=1S/C8H16N2OS2.C2H6/c1-5(2)7-10-6(3)8(12-7)13(4,9)11;1-2/h5,11H,9H2,1-4H3;1-2H3. The highest BCUT2D eigenvalue weighted by Gasteiger charge is 2.19. The van der Waals surface area contributed by atoms with Gasteiger partial charge in [0.15, 0.2) is 0 Å². The molecule has 15 heavy (non-hydrogen) atoms. The Balaban J connectivity index is 0.000000921. The molecule has 1 atom stereocenters. The lowest BCUT2D eigenvalue weighted by Crippen LogP contribution is -2.06. The van der Waals surface area contributed by atoms with E-state index in [-0.39, 0.29) is 0 Å². The first-order chi connectivity index (χ1) is 6.82. The van der Waals surface area contributed by atoms with Crippen molar-refractivity contribution in [1.29, 1.82) is 0 Å². The van der Waals surface area contributed by atoms with Crippen molar-refractivity contribution in [3.8, 4) is 0 Å². The average molecular weight is 250 g/mol. The Morgan fingerprint density at radius 2 is 1.87 bits per heavy atom. The Labute approximate surface area is 98.4 Å². The monoisotopic (exact) mass is 250 g/mol. The minimum absolute atomic E-state index is 0.402. The number of thiazole rings is 1. The fourth-order valence-electron chi connectivity index (χ4n) is 1.03. The quantitative estimate of drug-likeness (QED) is 0.840. The van der Waals surface area contributed by atoms with Crippen LogP contribution in [0.25, 0.3) is 0 Å². The Morgan fingerprint density at radius 1 is 1.40 bits per heavy atom. The van der Waals surface area contributed by atoms with E-state index in [1.54, 1.807) is 6.26 Å². The Morgan fingerprint density at radius 3 is 2.07 bits per heavy atom. The van der Waals surface area contributed by atoms with E-state index in [0.717, 1.165) is 14.9 Å². The second kappa shape index (κ2) is 5.84. The van der Waals surface area contributed by atoms with Crippen LogP contribution in [0.4, 0.5) is 0 Å². The van der Waals surface area contributed by atoms with Crippen LogP contribution >= 0.6 is 21.8 Å². The molecule has 1 unspecified atom stereocenters. The van der Waals surface area contributed by atoms with Crippen molar-refractivity contribution < 1.29 is 4.55 Å². The van der Waals surface area contributed by atoms with Crippen LogP contribution in [-0.4, -0.2) is 15.8 Å². The maximum atomic E-state index is 9.70. The zero-order chi connectivity index (χ0) is 12.2. The zero-order valence-electron chi connectivity index (χ0n) is 10.4. The van der Waals surface area contributed by atoms with E-state index in [0.29, 0.717) is 5.92 Å². The molecule has 0 radical (unpaired) electrons. The van der Waals surface area contributed by atoms with Gasteiger partial charge < -0.3 is 4.55 Å². The summed E-state index contributed by atoms with van der Waals surface area (Å²) in [5, 5.41) is 6.73. The maximum absolute atomic E-state index is 9.70. The molecule has 1 rings (SSSR count). The molecule has 0 amide bonds. The molecule has 0 spiro atoms. The fourth-order valence-corrected chi connectivity index (χ4v) is 3.41. The Kier molecular flexibility index (Phi) is 5.80. The van der Waals surface area contributed by atoms with Crippen molar-refractivity contribution in [2.24, 2.45) is 5.14 Å². The summed E-state index contributed by atoms with van der Waals surface area (Å²) in [6.07, 6.45) is 1.66. The van der Waals surface area contributed by atoms with Crippen LogP contribution in [0.15, 0.2) is 4.21 Å². The summed E-state index contributed by atoms with van der Waals surface area (Å²) < 4.78 is 10.5. The molecule has 0 aromatic carbocycles. The molecule has 1 aromatic rings. The van der Waals surface area contributed by atoms with Crippen LogP contribution in [0.3, 0.4) is 0 Å². The van der Waals surface area contributed by atoms with Crippen LogP contribution in [0.2, 0.25) is 0 Å². The number of aryl methyl sites for hydroxylation is 1. The summed E-state index contributed by atoms with van der Waals surface area (Å²) in [5.41, 5.74) is 0.871. The average Bonchev–Trinajstić information content (AvgIpc) is 2.50. The predicted octanol–water partition coefficient (Wildman–Crippen LogP) is 3.74. The van der Waals surface area contributed by atoms with Gasteiger partial charge in [-0.05, 0) is 6.92 Å². The summed E-state index contributed by atoms with van der Waals surface area (Å²) in [5.74, 6) is 0.402. The van der Waals surface area contributed by atoms with E-state index in [9.17, 15) is 4.55 Å². The van der Waals surface area contributed by atoms with Crippen molar-refractivity contribution in [2.45, 2.75) is 44.7 Å². The van der Waals surface area contributed by atoms with E-state index in [4.69, 9.17) is 5.14 Å². The van der Waals surface area contributed by atoms with Crippen molar-refractivity contribution in [3.05, 3.63) is 10.7 Å². The molecule has 3 N–H and O–H groups in total. The smallest absolute Gasteiger partial charge is 0.101 e. The molecule has 5 heteroatoms. The van der Waals surface area contributed by atoms with Gasteiger partial charge in [0, 0.05) is 12.2 Å². The number of nitrogens with two attached hydrogens (primary N) is 1. The molecule has 90 valence electrons. The van der Waals surface area contributed by atoms with Gasteiger partial charge in [-0.2, -0.15) is 0 Å². The molecule has 1 heterocycles. The van der Waals surface area contributed by atoms with Gasteiger partial charge in [-0.25, -0.2) is 4.98 Å². The van der Waals surface area contributed by atoms with Crippen molar-refractivity contribution >= 4 is 21.8 Å². The third-order valence-corrected chi connectivity index (χ3v) is 5.20. The van der Waals surface area contributed by atoms with Crippen LogP contribution in [0.1, 0.15) is 44.3 Å². The van der Waals surface area contributed by atoms with Crippen LogP contribution in [-0.2, 0) is 0 Å². The summed E-state index contributed by atoms with van der Waals surface area (Å²) in [6, 6.07) is 0.